The molecule has 0 saturated carbocycles. The summed E-state index contributed by atoms with van der Waals surface area (Å²) in [6.45, 7) is 4.19. The maximum atomic E-state index is 13.1. The van der Waals surface area contributed by atoms with Crippen LogP contribution in [0.2, 0.25) is 0 Å². The van der Waals surface area contributed by atoms with E-state index in [0.29, 0.717) is 61.5 Å². The molecule has 2 N–H and O–H groups in total. The van der Waals surface area contributed by atoms with Crippen LogP contribution in [0.15, 0.2) is 61.2 Å². The number of hydrogen-bond donors (Lipinski definition) is 2. The lowest BCUT2D eigenvalue weighted by Gasteiger charge is -2.35. The number of amides is 1. The summed E-state index contributed by atoms with van der Waals surface area (Å²) in [5, 5.41) is 16.0. The van der Waals surface area contributed by atoms with Gasteiger partial charge in [-0.2, -0.15) is 10.2 Å². The van der Waals surface area contributed by atoms with Gasteiger partial charge in [0.25, 0.3) is 5.91 Å². The Labute approximate surface area is 237 Å². The average molecular weight is 548 g/mol. The number of nitrogens with one attached hydrogen (secondary N) is 2. The molecule has 0 atom stereocenters. The van der Waals surface area contributed by atoms with Crippen LogP contribution in [0.5, 0.6) is 5.75 Å². The number of carbonyl (C=O) groups excluding carboxylic acids is 1. The molecule has 0 aliphatic carbocycles. The molecule has 0 spiro atoms. The van der Waals surface area contributed by atoms with Crippen LogP contribution >= 0.6 is 0 Å². The predicted molar refractivity (Wildman–Crippen MR) is 155 cm³/mol. The van der Waals surface area contributed by atoms with Gasteiger partial charge >= 0.3 is 0 Å². The standard InChI is InChI=1S/C30H29N9O2/c1-20-16-34-30-36-25-13-21(17-32-18-25)4-5-22-14-24(35-28(20)37-30)6-7-26(22)41-19-27(40)38-9-11-39(12-10-38)29-23(15-31)3-2-8-33-29/h2-3,6-8,13-14,16-18H,4-5,9-12,19H2,1H3,(H2,34,35,36,37). The molecule has 1 amide bonds. The van der Waals surface area contributed by atoms with Gasteiger partial charge in [0.2, 0.25) is 5.95 Å². The van der Waals surface area contributed by atoms with Gasteiger partial charge in [0.1, 0.15) is 23.5 Å². The first-order valence-electron chi connectivity index (χ1n) is 13.5. The van der Waals surface area contributed by atoms with Crippen molar-refractivity contribution in [2.45, 2.75) is 19.8 Å². The highest BCUT2D eigenvalue weighted by Crippen LogP contribution is 2.29. The molecule has 1 saturated heterocycles. The monoisotopic (exact) mass is 547 g/mol. The Morgan fingerprint density at radius 3 is 2.76 bits per heavy atom. The number of pyridine rings is 2. The van der Waals surface area contributed by atoms with Gasteiger partial charge in [0, 0.05) is 56.0 Å². The third kappa shape index (κ3) is 5.86. The Kier molecular flexibility index (Phi) is 7.28. The molecule has 206 valence electrons. The number of anilines is 5. The molecule has 2 aliphatic heterocycles. The zero-order valence-electron chi connectivity index (χ0n) is 22.7. The van der Waals surface area contributed by atoms with Crippen LogP contribution in [0, 0.1) is 18.3 Å². The Balaban J connectivity index is 1.16. The Hall–Kier alpha value is -5.24. The van der Waals surface area contributed by atoms with Gasteiger partial charge in [0.15, 0.2) is 6.61 Å². The number of benzene rings is 1. The van der Waals surface area contributed by atoms with Gasteiger partial charge in [-0.05, 0) is 67.3 Å². The van der Waals surface area contributed by atoms with Crippen molar-refractivity contribution in [2.75, 3.05) is 48.3 Å². The minimum atomic E-state index is -0.0719. The van der Waals surface area contributed by atoms with E-state index < -0.39 is 0 Å². The quantitative estimate of drug-likeness (QED) is 0.389. The van der Waals surface area contributed by atoms with Gasteiger partial charge in [-0.15, -0.1) is 0 Å². The maximum Gasteiger partial charge on any atom is 0.260 e. The Morgan fingerprint density at radius 1 is 1.02 bits per heavy atom. The number of aryl methyl sites for hydroxylation is 3. The molecule has 41 heavy (non-hydrogen) atoms. The number of nitriles is 1. The smallest absolute Gasteiger partial charge is 0.260 e. The summed E-state index contributed by atoms with van der Waals surface area (Å²) < 4.78 is 6.11. The highest BCUT2D eigenvalue weighted by molar-refractivity contribution is 5.78. The summed E-state index contributed by atoms with van der Waals surface area (Å²) in [4.78, 5) is 34.7. The summed E-state index contributed by atoms with van der Waals surface area (Å²) in [7, 11) is 0. The van der Waals surface area contributed by atoms with E-state index in [-0.39, 0.29) is 12.5 Å². The second-order valence-corrected chi connectivity index (χ2v) is 10.0. The number of piperazine rings is 1. The van der Waals surface area contributed by atoms with Gasteiger partial charge < -0.3 is 25.2 Å². The van der Waals surface area contributed by atoms with Crippen molar-refractivity contribution in [3.05, 3.63) is 83.4 Å². The molecule has 5 heterocycles. The zero-order valence-corrected chi connectivity index (χ0v) is 22.7. The SMILES string of the molecule is Cc1cnc2nc1Nc1ccc(OCC(=O)N3CCN(c4ncccc4C#N)CC3)c(c1)CCc1cncc(c1)N2. The van der Waals surface area contributed by atoms with E-state index in [2.05, 4.69) is 36.6 Å². The Bertz CT molecular complexity index is 1630. The number of rotatable bonds is 4. The van der Waals surface area contributed by atoms with Crippen LogP contribution < -0.4 is 20.3 Å². The predicted octanol–water partition coefficient (Wildman–Crippen LogP) is 3.76. The molecule has 1 fully saturated rings. The largest absolute Gasteiger partial charge is 0.483 e. The van der Waals surface area contributed by atoms with Crippen molar-refractivity contribution < 1.29 is 9.53 Å². The van der Waals surface area contributed by atoms with Crippen LogP contribution in [-0.2, 0) is 17.6 Å². The second kappa shape index (κ2) is 11.5. The van der Waals surface area contributed by atoms with Crippen LogP contribution in [0.4, 0.5) is 29.0 Å². The summed E-state index contributed by atoms with van der Waals surface area (Å²) in [6, 6.07) is 13.6. The molecule has 6 rings (SSSR count). The van der Waals surface area contributed by atoms with E-state index in [1.165, 1.54) is 0 Å². The van der Waals surface area contributed by atoms with Crippen molar-refractivity contribution >= 4 is 34.9 Å². The molecule has 11 nitrogen and oxygen atoms in total. The fourth-order valence-electron chi connectivity index (χ4n) is 4.99. The lowest BCUT2D eigenvalue weighted by Crippen LogP contribution is -2.50. The number of carbonyl (C=O) groups is 1. The first kappa shape index (κ1) is 26.0. The minimum Gasteiger partial charge on any atom is -0.483 e. The molecule has 11 heteroatoms. The topological polar surface area (TPSA) is 132 Å². The lowest BCUT2D eigenvalue weighted by molar-refractivity contribution is -0.133. The van der Waals surface area contributed by atoms with Crippen molar-refractivity contribution in [1.29, 1.82) is 5.26 Å². The van der Waals surface area contributed by atoms with Crippen molar-refractivity contribution in [3.8, 4) is 11.8 Å². The van der Waals surface area contributed by atoms with Crippen molar-refractivity contribution in [2.24, 2.45) is 0 Å². The summed E-state index contributed by atoms with van der Waals surface area (Å²) in [6.07, 6.45) is 8.51. The van der Waals surface area contributed by atoms with E-state index in [0.717, 1.165) is 34.5 Å². The van der Waals surface area contributed by atoms with Crippen LogP contribution in [0.1, 0.15) is 22.3 Å². The lowest BCUT2D eigenvalue weighted by atomic mass is 10.0. The van der Waals surface area contributed by atoms with Gasteiger partial charge in [0.05, 0.1) is 17.4 Å². The second-order valence-electron chi connectivity index (χ2n) is 10.0. The fourth-order valence-corrected chi connectivity index (χ4v) is 4.99. The Morgan fingerprint density at radius 2 is 1.90 bits per heavy atom. The third-order valence-corrected chi connectivity index (χ3v) is 7.22. The molecule has 0 unspecified atom stereocenters. The van der Waals surface area contributed by atoms with Crippen molar-refractivity contribution in [3.63, 3.8) is 0 Å². The number of nitrogens with zero attached hydrogens (tertiary/aromatic N) is 7. The summed E-state index contributed by atoms with van der Waals surface area (Å²) in [5.41, 5.74) is 5.19. The molecule has 0 radical (unpaired) electrons. The normalized spacial score (nSPS) is 14.3. The van der Waals surface area contributed by atoms with Crippen LogP contribution in [-0.4, -0.2) is 63.5 Å². The van der Waals surface area contributed by atoms with E-state index in [4.69, 9.17) is 4.74 Å². The van der Waals surface area contributed by atoms with Gasteiger partial charge in [-0.1, -0.05) is 0 Å². The first-order chi connectivity index (χ1) is 20.1. The van der Waals surface area contributed by atoms with Crippen LogP contribution in [0.25, 0.3) is 0 Å². The first-order valence-corrected chi connectivity index (χ1v) is 13.5. The third-order valence-electron chi connectivity index (χ3n) is 7.22. The molecule has 4 aromatic rings. The number of fused-ring (bicyclic) bond motifs is 6. The fraction of sp³-hybridized carbons (Fsp3) is 0.267. The summed E-state index contributed by atoms with van der Waals surface area (Å²) >= 11 is 0. The number of ether oxygens (including phenoxy) is 1. The molecular weight excluding hydrogens is 518 g/mol. The zero-order chi connectivity index (χ0) is 28.2. The van der Waals surface area contributed by atoms with E-state index in [9.17, 15) is 10.1 Å². The molecule has 6 bridgehead atoms. The van der Waals surface area contributed by atoms with Gasteiger partial charge in [-0.3, -0.25) is 9.78 Å². The molecule has 1 aromatic carbocycles. The van der Waals surface area contributed by atoms with E-state index in [1.54, 1.807) is 35.6 Å². The van der Waals surface area contributed by atoms with E-state index in [1.807, 2.05) is 42.3 Å². The van der Waals surface area contributed by atoms with Gasteiger partial charge in [-0.25, -0.2) is 9.97 Å². The molecule has 2 aliphatic rings. The number of aromatic nitrogens is 4. The van der Waals surface area contributed by atoms with E-state index >= 15 is 0 Å². The molecule has 3 aromatic heterocycles. The maximum absolute atomic E-state index is 13.1. The average Bonchev–Trinajstić information content (AvgIpc) is 3.01. The highest BCUT2D eigenvalue weighted by Gasteiger charge is 2.24. The van der Waals surface area contributed by atoms with Crippen LogP contribution in [0.3, 0.4) is 0 Å². The van der Waals surface area contributed by atoms with Crippen molar-refractivity contribution in [1.82, 2.24) is 24.8 Å². The molecular formula is C30H29N9O2. The number of hydrogen-bond acceptors (Lipinski definition) is 10. The minimum absolute atomic E-state index is 0.0534. The summed E-state index contributed by atoms with van der Waals surface area (Å²) in [5.74, 6) is 2.45. The highest BCUT2D eigenvalue weighted by atomic mass is 16.5.